The van der Waals surface area contributed by atoms with E-state index in [9.17, 15) is 0 Å². The van der Waals surface area contributed by atoms with Crippen molar-refractivity contribution in [3.63, 3.8) is 0 Å². The number of aromatic amines is 2. The van der Waals surface area contributed by atoms with Crippen LogP contribution in [-0.4, -0.2) is 81.5 Å². The fourth-order valence-corrected chi connectivity index (χ4v) is 16.7. The molecule has 8 bridgehead atoms. The minimum atomic E-state index is 0.554. The van der Waals surface area contributed by atoms with Crippen molar-refractivity contribution in [1.82, 2.24) is 39.9 Å². The van der Waals surface area contributed by atoms with Crippen LogP contribution in [0.25, 0.3) is 133 Å². The average Bonchev–Trinajstić information content (AvgIpc) is 1.56. The molecule has 0 saturated heterocycles. The summed E-state index contributed by atoms with van der Waals surface area (Å²) in [5.74, 6) is 4.09. The van der Waals surface area contributed by atoms with Crippen LogP contribution in [-0.2, 0) is 0 Å². The van der Waals surface area contributed by atoms with Crippen molar-refractivity contribution >= 4 is 44.4 Å². The number of fused-ring (bicyclic) bond motifs is 8. The Hall–Kier alpha value is -11.1. The number of ether oxygens (including phenoxy) is 6. The van der Waals surface area contributed by atoms with E-state index in [1.54, 1.807) is 28.4 Å². The predicted octanol–water partition coefficient (Wildman–Crippen LogP) is 27.0. The minimum Gasteiger partial charge on any atom is -0.496 e. The van der Waals surface area contributed by atoms with Crippen LogP contribution in [0.15, 0.2) is 159 Å². The van der Waals surface area contributed by atoms with Crippen LogP contribution in [0.4, 0.5) is 0 Å². The zero-order valence-electron chi connectivity index (χ0n) is 69.7. The van der Waals surface area contributed by atoms with Crippen LogP contribution in [0.3, 0.4) is 0 Å². The number of aryl methyl sites for hydroxylation is 4. The highest BCUT2D eigenvalue weighted by atomic mass is 16.5. The summed E-state index contributed by atoms with van der Waals surface area (Å²) in [5.41, 5.74) is 28.8. The van der Waals surface area contributed by atoms with Gasteiger partial charge in [-0.25, -0.2) is 9.97 Å². The number of hydrogen-bond donors (Lipinski definition) is 2. The highest BCUT2D eigenvalue weighted by Crippen LogP contribution is 2.54. The molecule has 14 heteroatoms. The summed E-state index contributed by atoms with van der Waals surface area (Å²) < 4.78 is 40.6. The molecule has 9 heterocycles. The standard InChI is InChI=1S/C100H114N8O6/c1-15-17-19-21-23-25-27-29-31-33-57-113-99-77(71-41-49-101-50-42-71)59-75(60-78(99)72-43-51-102-52-44-72)85-91-63(3)67(7)95(105-91)89(87-81(109-11)37-35-38-82(87)110-12)97-69(9)65(5)93(107-97)86(94-66(6)70(10)98(108-94)90(96-68(8)64(4)92(85)106-96)88-83(111-13)39-36-40-84(88)112-14)76-61-79(73-45-53-103-54-46-73)100(80(62-76)74-47-55-104-56-48-74)114-58-34-32-30-28-26-24-22-20-18-16-2/h35-56,59-62,105,108H,15-34,57-58H2,1-14H3. The summed E-state index contributed by atoms with van der Waals surface area (Å²) in [6.45, 7) is 23.4. The monoisotopic (exact) mass is 1520 g/mol. The molecule has 2 aliphatic rings. The molecule has 0 spiro atoms. The Morgan fingerprint density at radius 2 is 0.509 bits per heavy atom. The number of allylic oxidation sites excluding steroid dienone is 4. The number of H-pyrrole nitrogens is 2. The van der Waals surface area contributed by atoms with Crippen LogP contribution in [0.2, 0.25) is 0 Å². The highest BCUT2D eigenvalue weighted by Gasteiger charge is 2.33. The van der Waals surface area contributed by atoms with E-state index < -0.39 is 0 Å². The molecular formula is C100H114N8O6. The molecule has 0 radical (unpaired) electrons. The molecule has 590 valence electrons. The molecule has 14 nitrogen and oxygen atoms in total. The second-order valence-electron chi connectivity index (χ2n) is 30.7. The third kappa shape index (κ3) is 17.1. The molecule has 11 aromatic rings. The van der Waals surface area contributed by atoms with Crippen LogP contribution in [0.1, 0.15) is 215 Å². The van der Waals surface area contributed by atoms with Gasteiger partial charge in [0.25, 0.3) is 0 Å². The van der Waals surface area contributed by atoms with Crippen molar-refractivity contribution in [2.24, 2.45) is 0 Å². The van der Waals surface area contributed by atoms with Gasteiger partial charge in [-0.2, -0.15) is 0 Å². The molecule has 0 saturated carbocycles. The summed E-state index contributed by atoms with van der Waals surface area (Å²) in [6.07, 6.45) is 39.4. The number of hydrogen-bond acceptors (Lipinski definition) is 12. The lowest BCUT2D eigenvalue weighted by Crippen LogP contribution is -2.02. The quantitative estimate of drug-likeness (QED) is 0.0358. The van der Waals surface area contributed by atoms with Crippen LogP contribution in [0, 0.1) is 27.7 Å². The van der Waals surface area contributed by atoms with Crippen molar-refractivity contribution in [2.75, 3.05) is 41.7 Å². The van der Waals surface area contributed by atoms with Gasteiger partial charge in [-0.05, 0) is 243 Å². The molecular weight excluding hydrogens is 1410 g/mol. The largest absolute Gasteiger partial charge is 0.496 e. The van der Waals surface area contributed by atoms with Crippen molar-refractivity contribution in [3.8, 4) is 124 Å². The molecule has 114 heavy (non-hydrogen) atoms. The summed E-state index contributed by atoms with van der Waals surface area (Å²) in [5, 5.41) is 0. The van der Waals surface area contributed by atoms with Crippen molar-refractivity contribution in [3.05, 3.63) is 204 Å². The lowest BCUT2D eigenvalue weighted by molar-refractivity contribution is 0.306. The Morgan fingerprint density at radius 1 is 0.272 bits per heavy atom. The van der Waals surface area contributed by atoms with Gasteiger partial charge in [-0.15, -0.1) is 0 Å². The zero-order valence-corrected chi connectivity index (χ0v) is 69.7. The zero-order chi connectivity index (χ0) is 79.8. The molecule has 2 N–H and O–H groups in total. The van der Waals surface area contributed by atoms with Gasteiger partial charge in [0.1, 0.15) is 34.5 Å². The number of nitrogens with one attached hydrogen (secondary N) is 2. The molecule has 7 aromatic heterocycles. The van der Waals surface area contributed by atoms with E-state index in [1.807, 2.05) is 86.0 Å². The number of benzene rings is 4. The lowest BCUT2D eigenvalue weighted by Gasteiger charge is -2.20. The van der Waals surface area contributed by atoms with E-state index in [4.69, 9.17) is 38.4 Å². The van der Waals surface area contributed by atoms with Crippen LogP contribution in [0.5, 0.6) is 34.5 Å². The fraction of sp³-hybridized carbons (Fsp3) is 0.360. The van der Waals surface area contributed by atoms with E-state index >= 15 is 0 Å². The maximum Gasteiger partial charge on any atom is 0.134 e. The number of rotatable bonds is 36. The topological polar surface area (TPSA) is 164 Å². The molecule has 2 aliphatic heterocycles. The average molecular weight is 1520 g/mol. The summed E-state index contributed by atoms with van der Waals surface area (Å²) in [4.78, 5) is 39.2. The SMILES string of the molecule is CCCCCCCCCCCCOc1c(-c2ccncc2)cc(-c2c3nc(c(-c4c(OC)cccc4OC)c4[nH]c(c(C)c4C)c(-c4cc(-c5ccncc5)c(OCCCCCCCCCCCC)c(-c5ccncc5)c4)c4nc(c(-c5c(OC)cccc5OC)c5[nH]c2c(C)c5C)C(C)=C4C)C(C)=C3C)cc1-c1ccncc1. The Labute approximate surface area is 675 Å². The smallest absolute Gasteiger partial charge is 0.134 e. The van der Waals surface area contributed by atoms with Gasteiger partial charge in [0.2, 0.25) is 0 Å². The summed E-state index contributed by atoms with van der Waals surface area (Å²) in [6, 6.07) is 37.9. The first-order valence-corrected chi connectivity index (χ1v) is 41.6. The van der Waals surface area contributed by atoms with Gasteiger partial charge in [0, 0.05) is 94.1 Å². The first-order chi connectivity index (χ1) is 55.7. The normalized spacial score (nSPS) is 12.1. The van der Waals surface area contributed by atoms with E-state index in [2.05, 4.69) is 172 Å². The first-order valence-electron chi connectivity index (χ1n) is 41.6. The summed E-state index contributed by atoms with van der Waals surface area (Å²) >= 11 is 0. The maximum absolute atomic E-state index is 7.26. The Morgan fingerprint density at radius 3 is 0.763 bits per heavy atom. The van der Waals surface area contributed by atoms with Gasteiger partial charge >= 0.3 is 0 Å². The predicted molar refractivity (Wildman–Crippen MR) is 472 cm³/mol. The third-order valence-corrected chi connectivity index (χ3v) is 23.6. The van der Waals surface area contributed by atoms with Crippen LogP contribution < -0.4 is 28.4 Å². The van der Waals surface area contributed by atoms with Gasteiger partial charge in [0.15, 0.2) is 0 Å². The first kappa shape index (κ1) is 80.9. The number of pyridine rings is 4. The molecule has 0 fully saturated rings. The molecule has 13 rings (SSSR count). The Bertz CT molecular complexity index is 4950. The third-order valence-electron chi connectivity index (χ3n) is 23.6. The van der Waals surface area contributed by atoms with E-state index in [0.717, 1.165) is 216 Å². The number of aromatic nitrogens is 8. The van der Waals surface area contributed by atoms with Gasteiger partial charge in [-0.1, -0.05) is 142 Å². The number of methoxy groups -OCH3 is 4. The van der Waals surface area contributed by atoms with Crippen molar-refractivity contribution < 1.29 is 28.4 Å². The lowest BCUT2D eigenvalue weighted by atomic mass is 9.89. The Kier molecular flexibility index (Phi) is 27.1. The molecule has 0 atom stereocenters. The highest BCUT2D eigenvalue weighted by molar-refractivity contribution is 6.11. The second-order valence-corrected chi connectivity index (χ2v) is 30.7. The number of nitrogens with zero attached hydrogens (tertiary/aromatic N) is 6. The second kappa shape index (κ2) is 38.1. The molecule has 4 aromatic carbocycles. The van der Waals surface area contributed by atoms with Gasteiger partial charge < -0.3 is 38.4 Å². The van der Waals surface area contributed by atoms with Gasteiger partial charge in [-0.3, -0.25) is 19.9 Å². The van der Waals surface area contributed by atoms with E-state index in [1.165, 1.54) is 103 Å². The molecule has 0 unspecified atom stereocenters. The van der Waals surface area contributed by atoms with Crippen LogP contribution >= 0.6 is 0 Å². The molecule has 0 aliphatic carbocycles. The Balaban J connectivity index is 1.16. The number of unbranched alkanes of at least 4 members (excludes halogenated alkanes) is 18. The van der Waals surface area contributed by atoms with Gasteiger partial charge in [0.05, 0.1) is 97.6 Å². The fourth-order valence-electron chi connectivity index (χ4n) is 16.7. The minimum absolute atomic E-state index is 0.554. The van der Waals surface area contributed by atoms with E-state index in [0.29, 0.717) is 36.2 Å². The molecule has 0 amide bonds. The van der Waals surface area contributed by atoms with E-state index in [-0.39, 0.29) is 0 Å². The van der Waals surface area contributed by atoms with Crippen molar-refractivity contribution in [2.45, 2.75) is 198 Å². The van der Waals surface area contributed by atoms with Crippen molar-refractivity contribution in [1.29, 1.82) is 0 Å². The maximum atomic E-state index is 7.26. The summed E-state index contributed by atoms with van der Waals surface area (Å²) in [7, 11) is 6.92.